The molecule has 0 aromatic heterocycles. The van der Waals surface area contributed by atoms with Gasteiger partial charge in [0.2, 0.25) is 0 Å². The molecule has 4 heteroatoms. The van der Waals surface area contributed by atoms with Crippen LogP contribution in [0.15, 0.2) is 28.7 Å². The molecule has 1 N–H and O–H groups in total. The van der Waals surface area contributed by atoms with E-state index in [1.807, 2.05) is 12.1 Å². The number of carboxylic acids is 1. The Morgan fingerprint density at radius 3 is 2.67 bits per heavy atom. The van der Waals surface area contributed by atoms with Crippen LogP contribution >= 0.6 is 15.9 Å². The average molecular weight is 312 g/mol. The summed E-state index contributed by atoms with van der Waals surface area (Å²) in [4.78, 5) is 13.4. The van der Waals surface area contributed by atoms with E-state index in [0.29, 0.717) is 12.5 Å². The Labute approximate surface area is 116 Å². The molecule has 0 spiro atoms. The summed E-state index contributed by atoms with van der Waals surface area (Å²) in [6.45, 7) is 4.61. The summed E-state index contributed by atoms with van der Waals surface area (Å²) in [6, 6.07) is 8.22. The third-order valence-corrected chi connectivity index (χ3v) is 3.93. The summed E-state index contributed by atoms with van der Waals surface area (Å²) in [6.07, 6.45) is 0.798. The molecule has 3 nitrogen and oxygen atoms in total. The van der Waals surface area contributed by atoms with Gasteiger partial charge in [-0.25, -0.2) is 0 Å². The quantitative estimate of drug-likeness (QED) is 0.933. The molecule has 2 rings (SSSR count). The van der Waals surface area contributed by atoms with Crippen molar-refractivity contribution in [2.75, 3.05) is 13.1 Å². The largest absolute Gasteiger partial charge is 0.481 e. The van der Waals surface area contributed by atoms with Gasteiger partial charge in [0.15, 0.2) is 0 Å². The van der Waals surface area contributed by atoms with E-state index >= 15 is 0 Å². The Balaban J connectivity index is 2.00. The molecule has 1 heterocycles. The van der Waals surface area contributed by atoms with Crippen molar-refractivity contribution in [3.8, 4) is 0 Å². The molecule has 0 bridgehead atoms. The predicted octanol–water partition coefficient (Wildman–Crippen LogP) is 2.99. The first kappa shape index (κ1) is 13.6. The lowest BCUT2D eigenvalue weighted by atomic mass is 9.90. The normalized spacial score (nSPS) is 25.0. The summed E-state index contributed by atoms with van der Waals surface area (Å²) in [5.41, 5.74) is 1.23. The van der Waals surface area contributed by atoms with Gasteiger partial charge in [0.1, 0.15) is 0 Å². The minimum atomic E-state index is -0.664. The fourth-order valence-corrected chi connectivity index (χ4v) is 2.88. The Hall–Kier alpha value is -0.870. The molecule has 18 heavy (non-hydrogen) atoms. The van der Waals surface area contributed by atoms with Crippen LogP contribution in [0.1, 0.15) is 18.9 Å². The zero-order chi connectivity index (χ0) is 13.1. The van der Waals surface area contributed by atoms with E-state index in [-0.39, 0.29) is 5.92 Å². The zero-order valence-corrected chi connectivity index (χ0v) is 12.1. The van der Waals surface area contributed by atoms with Crippen LogP contribution in [-0.4, -0.2) is 29.1 Å². The van der Waals surface area contributed by atoms with Gasteiger partial charge >= 0.3 is 5.97 Å². The van der Waals surface area contributed by atoms with E-state index in [2.05, 4.69) is 39.9 Å². The highest BCUT2D eigenvalue weighted by Crippen LogP contribution is 2.23. The van der Waals surface area contributed by atoms with Gasteiger partial charge in [-0.1, -0.05) is 35.0 Å². The predicted molar refractivity (Wildman–Crippen MR) is 74.3 cm³/mol. The van der Waals surface area contributed by atoms with E-state index in [4.69, 9.17) is 5.11 Å². The smallest absolute Gasteiger partial charge is 0.307 e. The standard InChI is InChI=1S/C14H18BrNO2/c1-10-6-12(14(17)18)9-16(7-10)8-11-2-4-13(15)5-3-11/h2-5,10,12H,6-9H2,1H3,(H,17,18). The minimum absolute atomic E-state index is 0.218. The zero-order valence-electron chi connectivity index (χ0n) is 10.5. The van der Waals surface area contributed by atoms with Crippen LogP contribution in [0.3, 0.4) is 0 Å². The number of carbonyl (C=O) groups is 1. The van der Waals surface area contributed by atoms with Crippen LogP contribution in [0.4, 0.5) is 0 Å². The van der Waals surface area contributed by atoms with E-state index in [1.165, 1.54) is 5.56 Å². The van der Waals surface area contributed by atoms with Crippen LogP contribution in [0.2, 0.25) is 0 Å². The summed E-state index contributed by atoms with van der Waals surface area (Å²) in [5, 5.41) is 9.14. The van der Waals surface area contributed by atoms with E-state index in [9.17, 15) is 4.79 Å². The van der Waals surface area contributed by atoms with Gasteiger partial charge in [-0.2, -0.15) is 0 Å². The Kier molecular flexibility index (Phi) is 4.40. The fraction of sp³-hybridized carbons (Fsp3) is 0.500. The average Bonchev–Trinajstić information content (AvgIpc) is 2.31. The van der Waals surface area contributed by atoms with Crippen molar-refractivity contribution in [1.29, 1.82) is 0 Å². The van der Waals surface area contributed by atoms with E-state index < -0.39 is 5.97 Å². The highest BCUT2D eigenvalue weighted by Gasteiger charge is 2.29. The molecular formula is C14H18BrNO2. The maximum atomic E-state index is 11.1. The number of hydrogen-bond acceptors (Lipinski definition) is 2. The molecular weight excluding hydrogens is 294 g/mol. The van der Waals surface area contributed by atoms with Crippen molar-refractivity contribution >= 4 is 21.9 Å². The molecule has 1 aliphatic heterocycles. The van der Waals surface area contributed by atoms with Crippen molar-refractivity contribution in [3.05, 3.63) is 34.3 Å². The Morgan fingerprint density at radius 2 is 2.06 bits per heavy atom. The minimum Gasteiger partial charge on any atom is -0.481 e. The Morgan fingerprint density at radius 1 is 1.39 bits per heavy atom. The molecule has 0 radical (unpaired) electrons. The van der Waals surface area contributed by atoms with Gasteiger partial charge in [-0.05, 0) is 30.0 Å². The first-order chi connectivity index (χ1) is 8.54. The lowest BCUT2D eigenvalue weighted by Gasteiger charge is -2.34. The third kappa shape index (κ3) is 3.56. The molecule has 1 aliphatic rings. The number of benzene rings is 1. The van der Waals surface area contributed by atoms with Crippen LogP contribution in [0.5, 0.6) is 0 Å². The maximum Gasteiger partial charge on any atom is 0.307 e. The number of nitrogens with zero attached hydrogens (tertiary/aromatic N) is 1. The molecule has 1 saturated heterocycles. The van der Waals surface area contributed by atoms with Gasteiger partial charge in [0.05, 0.1) is 5.92 Å². The first-order valence-corrected chi connectivity index (χ1v) is 7.03. The summed E-state index contributed by atoms with van der Waals surface area (Å²) in [5.74, 6) is -0.429. The second-order valence-corrected chi connectivity index (χ2v) is 6.11. The SMILES string of the molecule is CC1CC(C(=O)O)CN(Cc2ccc(Br)cc2)C1. The monoisotopic (exact) mass is 311 g/mol. The molecule has 2 atom stereocenters. The molecule has 0 amide bonds. The number of rotatable bonds is 3. The first-order valence-electron chi connectivity index (χ1n) is 6.24. The molecule has 0 aliphatic carbocycles. The van der Waals surface area contributed by atoms with Gasteiger partial charge in [0, 0.05) is 24.1 Å². The summed E-state index contributed by atoms with van der Waals surface area (Å²) in [7, 11) is 0. The van der Waals surface area contributed by atoms with Gasteiger partial charge < -0.3 is 5.11 Å². The van der Waals surface area contributed by atoms with Crippen molar-refractivity contribution in [2.45, 2.75) is 19.9 Å². The van der Waals surface area contributed by atoms with Crippen LogP contribution in [0, 0.1) is 11.8 Å². The van der Waals surface area contributed by atoms with Gasteiger partial charge in [0.25, 0.3) is 0 Å². The highest BCUT2D eigenvalue weighted by molar-refractivity contribution is 9.10. The lowest BCUT2D eigenvalue weighted by Crippen LogP contribution is -2.41. The number of piperidine rings is 1. The van der Waals surface area contributed by atoms with Gasteiger partial charge in [-0.3, -0.25) is 9.69 Å². The third-order valence-electron chi connectivity index (χ3n) is 3.40. The van der Waals surface area contributed by atoms with Crippen molar-refractivity contribution in [1.82, 2.24) is 4.90 Å². The lowest BCUT2D eigenvalue weighted by molar-refractivity contribution is -0.144. The molecule has 1 aromatic carbocycles. The maximum absolute atomic E-state index is 11.1. The molecule has 0 saturated carbocycles. The Bertz CT molecular complexity index is 418. The second kappa shape index (κ2) is 5.85. The van der Waals surface area contributed by atoms with E-state index in [1.54, 1.807) is 0 Å². The van der Waals surface area contributed by atoms with Crippen LogP contribution in [0.25, 0.3) is 0 Å². The summed E-state index contributed by atoms with van der Waals surface area (Å²) < 4.78 is 1.07. The van der Waals surface area contributed by atoms with Crippen LogP contribution < -0.4 is 0 Å². The van der Waals surface area contributed by atoms with Crippen molar-refractivity contribution < 1.29 is 9.90 Å². The summed E-state index contributed by atoms with van der Waals surface area (Å²) >= 11 is 3.42. The number of halogens is 1. The van der Waals surface area contributed by atoms with Crippen molar-refractivity contribution in [3.63, 3.8) is 0 Å². The van der Waals surface area contributed by atoms with Gasteiger partial charge in [-0.15, -0.1) is 0 Å². The van der Waals surface area contributed by atoms with E-state index in [0.717, 1.165) is 24.0 Å². The molecule has 1 aromatic rings. The fourth-order valence-electron chi connectivity index (χ4n) is 2.62. The number of aliphatic carboxylic acids is 1. The molecule has 98 valence electrons. The van der Waals surface area contributed by atoms with Crippen molar-refractivity contribution in [2.24, 2.45) is 11.8 Å². The second-order valence-electron chi connectivity index (χ2n) is 5.20. The van der Waals surface area contributed by atoms with Crippen LogP contribution in [-0.2, 0) is 11.3 Å². The number of hydrogen-bond donors (Lipinski definition) is 1. The molecule has 1 fully saturated rings. The highest BCUT2D eigenvalue weighted by atomic mass is 79.9. The number of carboxylic acid groups (broad SMARTS) is 1. The number of likely N-dealkylation sites (tertiary alicyclic amines) is 1. The molecule has 2 unspecified atom stereocenters. The topological polar surface area (TPSA) is 40.5 Å².